The molecule has 0 aliphatic rings. The number of fused-ring (bicyclic) bond motifs is 1. The van der Waals surface area contributed by atoms with Gasteiger partial charge < -0.3 is 4.74 Å². The first kappa shape index (κ1) is 9.08. The largest absolute Gasteiger partial charge is 0.462 e. The number of ether oxygens (including phenoxy) is 1. The average molecular weight is 208 g/mol. The van der Waals surface area contributed by atoms with Crippen molar-refractivity contribution in [2.75, 3.05) is 6.61 Å². The third-order valence-electron chi connectivity index (χ3n) is 1.67. The van der Waals surface area contributed by atoms with Crippen LogP contribution < -0.4 is 0 Å². The predicted octanol–water partition coefficient (Wildman–Crippen LogP) is 1.87. The van der Waals surface area contributed by atoms with Gasteiger partial charge in [0.15, 0.2) is 0 Å². The molecule has 4 nitrogen and oxygen atoms in total. The van der Waals surface area contributed by atoms with Crippen LogP contribution in [0.1, 0.15) is 16.6 Å². The first-order valence-corrected chi connectivity index (χ1v) is 4.99. The number of carbonyl (C=O) groups excluding carboxylic acids is 1. The first-order chi connectivity index (χ1) is 6.81. The molecule has 0 aliphatic carbocycles. The number of thiophene rings is 1. The molecular formula is C9H8N2O2S. The number of aromatic nitrogens is 2. The Morgan fingerprint density at radius 2 is 2.50 bits per heavy atom. The quantitative estimate of drug-likeness (QED) is 0.707. The summed E-state index contributed by atoms with van der Waals surface area (Å²) >= 11 is 1.32. The maximum Gasteiger partial charge on any atom is 0.348 e. The molecule has 2 heterocycles. The van der Waals surface area contributed by atoms with Gasteiger partial charge in [-0.2, -0.15) is 0 Å². The van der Waals surface area contributed by atoms with Crippen molar-refractivity contribution >= 4 is 27.5 Å². The lowest BCUT2D eigenvalue weighted by molar-refractivity contribution is 0.0532. The number of hydrogen-bond acceptors (Lipinski definition) is 5. The van der Waals surface area contributed by atoms with Gasteiger partial charge in [-0.1, -0.05) is 0 Å². The highest BCUT2D eigenvalue weighted by molar-refractivity contribution is 7.20. The van der Waals surface area contributed by atoms with Crippen LogP contribution in [-0.4, -0.2) is 22.5 Å². The summed E-state index contributed by atoms with van der Waals surface area (Å²) in [5.41, 5.74) is 0. The van der Waals surface area contributed by atoms with E-state index in [1.54, 1.807) is 19.2 Å². The molecule has 2 rings (SSSR count). The van der Waals surface area contributed by atoms with Crippen molar-refractivity contribution in [1.29, 1.82) is 0 Å². The van der Waals surface area contributed by atoms with E-state index in [1.165, 1.54) is 17.7 Å². The topological polar surface area (TPSA) is 52.1 Å². The van der Waals surface area contributed by atoms with E-state index >= 15 is 0 Å². The van der Waals surface area contributed by atoms with E-state index in [2.05, 4.69) is 9.97 Å². The van der Waals surface area contributed by atoms with Gasteiger partial charge in [-0.25, -0.2) is 14.8 Å². The summed E-state index contributed by atoms with van der Waals surface area (Å²) in [6.07, 6.45) is 3.15. The monoisotopic (exact) mass is 208 g/mol. The van der Waals surface area contributed by atoms with Crippen LogP contribution in [0.2, 0.25) is 0 Å². The SMILES string of the molecule is CCOC(=O)c1cc2cncnc2s1. The second-order valence-corrected chi connectivity index (χ2v) is 3.65. The molecule has 72 valence electrons. The molecule has 2 aromatic heterocycles. The minimum absolute atomic E-state index is 0.296. The van der Waals surface area contributed by atoms with Gasteiger partial charge in [0.1, 0.15) is 16.0 Å². The van der Waals surface area contributed by atoms with Crippen LogP contribution in [0.25, 0.3) is 10.2 Å². The molecule has 0 unspecified atom stereocenters. The van der Waals surface area contributed by atoms with Crippen LogP contribution in [0, 0.1) is 0 Å². The maximum atomic E-state index is 11.4. The Morgan fingerprint density at radius 1 is 1.64 bits per heavy atom. The zero-order valence-corrected chi connectivity index (χ0v) is 8.37. The van der Waals surface area contributed by atoms with E-state index in [-0.39, 0.29) is 5.97 Å². The summed E-state index contributed by atoms with van der Waals surface area (Å²) in [7, 11) is 0. The molecule has 0 atom stereocenters. The van der Waals surface area contributed by atoms with E-state index in [0.29, 0.717) is 11.5 Å². The van der Waals surface area contributed by atoms with Gasteiger partial charge in [-0.05, 0) is 13.0 Å². The fourth-order valence-electron chi connectivity index (χ4n) is 1.09. The second kappa shape index (κ2) is 3.71. The van der Waals surface area contributed by atoms with E-state index in [1.807, 2.05) is 0 Å². The summed E-state index contributed by atoms with van der Waals surface area (Å²) in [6.45, 7) is 2.17. The summed E-state index contributed by atoms with van der Waals surface area (Å²) in [6, 6.07) is 1.75. The third-order valence-corrected chi connectivity index (χ3v) is 2.71. The first-order valence-electron chi connectivity index (χ1n) is 4.18. The predicted molar refractivity (Wildman–Crippen MR) is 53.4 cm³/mol. The Labute approximate surface area is 84.6 Å². The highest BCUT2D eigenvalue weighted by atomic mass is 32.1. The Morgan fingerprint density at radius 3 is 3.21 bits per heavy atom. The maximum absolute atomic E-state index is 11.4. The number of hydrogen-bond donors (Lipinski definition) is 0. The molecule has 2 aromatic rings. The van der Waals surface area contributed by atoms with Crippen LogP contribution >= 0.6 is 11.3 Å². The Kier molecular flexibility index (Phi) is 2.41. The minimum Gasteiger partial charge on any atom is -0.462 e. The van der Waals surface area contributed by atoms with Gasteiger partial charge in [0.25, 0.3) is 0 Å². The normalized spacial score (nSPS) is 10.4. The van der Waals surface area contributed by atoms with Crippen molar-refractivity contribution in [2.24, 2.45) is 0 Å². The standard InChI is InChI=1S/C9H8N2O2S/c1-2-13-9(12)7-3-6-4-10-5-11-8(6)14-7/h3-5H,2H2,1H3. The lowest BCUT2D eigenvalue weighted by Gasteiger charge is -1.95. The molecule has 0 aromatic carbocycles. The van der Waals surface area contributed by atoms with Crippen molar-refractivity contribution in [3.8, 4) is 0 Å². The molecule has 0 saturated heterocycles. The van der Waals surface area contributed by atoms with Crippen molar-refractivity contribution < 1.29 is 9.53 Å². The van der Waals surface area contributed by atoms with E-state index in [0.717, 1.165) is 10.2 Å². The molecule has 0 saturated carbocycles. The summed E-state index contributed by atoms with van der Waals surface area (Å²) in [4.78, 5) is 20.7. The fraction of sp³-hybridized carbons (Fsp3) is 0.222. The van der Waals surface area contributed by atoms with Crippen molar-refractivity contribution in [1.82, 2.24) is 9.97 Å². The minimum atomic E-state index is -0.296. The van der Waals surface area contributed by atoms with Gasteiger partial charge in [-0.3, -0.25) is 0 Å². The highest BCUT2D eigenvalue weighted by Crippen LogP contribution is 2.22. The molecular weight excluding hydrogens is 200 g/mol. The van der Waals surface area contributed by atoms with E-state index in [9.17, 15) is 4.79 Å². The van der Waals surface area contributed by atoms with Crippen LogP contribution in [0.15, 0.2) is 18.6 Å². The highest BCUT2D eigenvalue weighted by Gasteiger charge is 2.11. The fourth-order valence-corrected chi connectivity index (χ4v) is 1.96. The summed E-state index contributed by atoms with van der Waals surface area (Å²) < 4.78 is 4.88. The van der Waals surface area contributed by atoms with Gasteiger partial charge in [0.2, 0.25) is 0 Å². The Bertz CT molecular complexity index is 434. The number of rotatable bonds is 2. The molecule has 0 aliphatic heterocycles. The smallest absolute Gasteiger partial charge is 0.348 e. The van der Waals surface area contributed by atoms with Crippen LogP contribution in [0.3, 0.4) is 0 Å². The molecule has 0 fully saturated rings. The zero-order valence-electron chi connectivity index (χ0n) is 7.56. The average Bonchev–Trinajstić information content (AvgIpc) is 2.61. The molecule has 5 heteroatoms. The number of esters is 1. The molecule has 0 spiro atoms. The third kappa shape index (κ3) is 1.58. The number of nitrogens with zero attached hydrogens (tertiary/aromatic N) is 2. The van der Waals surface area contributed by atoms with Crippen molar-refractivity contribution in [2.45, 2.75) is 6.92 Å². The van der Waals surface area contributed by atoms with Crippen molar-refractivity contribution in [3.05, 3.63) is 23.5 Å². The second-order valence-electron chi connectivity index (χ2n) is 2.61. The molecule has 0 N–H and O–H groups in total. The van der Waals surface area contributed by atoms with Gasteiger partial charge in [0.05, 0.1) is 6.61 Å². The molecule has 0 amide bonds. The molecule has 0 radical (unpaired) electrons. The van der Waals surface area contributed by atoms with E-state index in [4.69, 9.17) is 4.74 Å². The zero-order chi connectivity index (χ0) is 9.97. The summed E-state index contributed by atoms with van der Waals surface area (Å²) in [5, 5.41) is 0.876. The molecule has 14 heavy (non-hydrogen) atoms. The lowest BCUT2D eigenvalue weighted by Crippen LogP contribution is -2.01. The van der Waals surface area contributed by atoms with Gasteiger partial charge in [0, 0.05) is 11.6 Å². The lowest BCUT2D eigenvalue weighted by atomic mass is 10.4. The number of carbonyl (C=O) groups is 1. The Hall–Kier alpha value is -1.49. The van der Waals surface area contributed by atoms with Crippen LogP contribution in [-0.2, 0) is 4.74 Å². The van der Waals surface area contributed by atoms with Gasteiger partial charge >= 0.3 is 5.97 Å². The van der Waals surface area contributed by atoms with Crippen LogP contribution in [0.5, 0.6) is 0 Å². The Balaban J connectivity index is 2.40. The molecule has 0 bridgehead atoms. The van der Waals surface area contributed by atoms with E-state index < -0.39 is 0 Å². The van der Waals surface area contributed by atoms with Crippen molar-refractivity contribution in [3.63, 3.8) is 0 Å². The summed E-state index contributed by atoms with van der Waals surface area (Å²) in [5.74, 6) is -0.296. The van der Waals surface area contributed by atoms with Crippen LogP contribution in [0.4, 0.5) is 0 Å². The van der Waals surface area contributed by atoms with Gasteiger partial charge in [-0.15, -0.1) is 11.3 Å².